The van der Waals surface area contributed by atoms with Gasteiger partial charge in [0.2, 0.25) is 11.0 Å². The quantitative estimate of drug-likeness (QED) is 0.515. The van der Waals surface area contributed by atoms with Gasteiger partial charge in [-0.2, -0.15) is 8.42 Å². The summed E-state index contributed by atoms with van der Waals surface area (Å²) in [5.74, 6) is -0.636. The highest BCUT2D eigenvalue weighted by atomic mass is 32.2. The van der Waals surface area contributed by atoms with E-state index in [4.69, 9.17) is 0 Å². The van der Waals surface area contributed by atoms with Crippen LogP contribution >= 0.6 is 11.3 Å². The fourth-order valence-electron chi connectivity index (χ4n) is 2.35. The van der Waals surface area contributed by atoms with Gasteiger partial charge in [0.05, 0.1) is 0 Å². The molecule has 11 heteroatoms. The molecule has 3 N–H and O–H groups in total. The van der Waals surface area contributed by atoms with E-state index in [1.54, 1.807) is 30.3 Å². The number of nitrogens with one attached hydrogen (secondary N) is 3. The molecule has 0 spiro atoms. The normalized spacial score (nSPS) is 11.0. The Labute approximate surface area is 171 Å². The average Bonchev–Trinajstić information content (AvgIpc) is 3.12. The van der Waals surface area contributed by atoms with Gasteiger partial charge in [0.1, 0.15) is 0 Å². The van der Waals surface area contributed by atoms with Gasteiger partial charge in [-0.3, -0.25) is 19.6 Å². The van der Waals surface area contributed by atoms with Crippen LogP contribution in [0.2, 0.25) is 0 Å². The van der Waals surface area contributed by atoms with Crippen LogP contribution in [0, 0.1) is 6.92 Å². The molecule has 29 heavy (non-hydrogen) atoms. The lowest BCUT2D eigenvalue weighted by molar-refractivity contribution is -0.114. The summed E-state index contributed by atoms with van der Waals surface area (Å²) in [5.41, 5.74) is 2.19. The molecule has 0 fully saturated rings. The standard InChI is InChI=1S/C18H17N5O4S2/c1-11-4-3-5-13(10-11)16(25)20-17-21-22-18(28-17)29(26,27)23-15-8-6-14(7-9-15)19-12(2)24/h3-10,23H,1-2H3,(H,19,24)(H,20,21,25). The molecule has 0 unspecified atom stereocenters. The minimum atomic E-state index is -3.98. The molecule has 3 aromatic rings. The molecule has 2 amide bonds. The van der Waals surface area contributed by atoms with Gasteiger partial charge in [0, 0.05) is 23.9 Å². The molecule has 3 rings (SSSR count). The van der Waals surface area contributed by atoms with Crippen molar-refractivity contribution in [3.8, 4) is 0 Å². The maximum absolute atomic E-state index is 12.5. The maximum Gasteiger partial charge on any atom is 0.291 e. The number of amides is 2. The Balaban J connectivity index is 1.69. The molecular weight excluding hydrogens is 414 g/mol. The van der Waals surface area contributed by atoms with Gasteiger partial charge < -0.3 is 5.32 Å². The zero-order valence-electron chi connectivity index (χ0n) is 15.5. The molecule has 0 bridgehead atoms. The van der Waals surface area contributed by atoms with Gasteiger partial charge in [0.15, 0.2) is 0 Å². The second-order valence-corrected chi connectivity index (χ2v) is 8.89. The second kappa shape index (κ2) is 8.37. The molecule has 0 saturated carbocycles. The van der Waals surface area contributed by atoms with E-state index in [9.17, 15) is 18.0 Å². The SMILES string of the molecule is CC(=O)Nc1ccc(NS(=O)(=O)c2nnc(NC(=O)c3cccc(C)c3)s2)cc1. The molecule has 0 saturated heterocycles. The summed E-state index contributed by atoms with van der Waals surface area (Å²) < 4.78 is 27.1. The number of benzene rings is 2. The molecule has 150 valence electrons. The largest absolute Gasteiger partial charge is 0.326 e. The van der Waals surface area contributed by atoms with Gasteiger partial charge in [-0.1, -0.05) is 29.0 Å². The summed E-state index contributed by atoms with van der Waals surface area (Å²) in [4.78, 5) is 23.3. The number of hydrogen-bond donors (Lipinski definition) is 3. The van der Waals surface area contributed by atoms with Gasteiger partial charge in [-0.25, -0.2) is 0 Å². The van der Waals surface area contributed by atoms with Crippen LogP contribution in [0.3, 0.4) is 0 Å². The van der Waals surface area contributed by atoms with E-state index in [1.807, 2.05) is 13.0 Å². The van der Waals surface area contributed by atoms with Crippen molar-refractivity contribution in [1.82, 2.24) is 10.2 Å². The van der Waals surface area contributed by atoms with E-state index in [2.05, 4.69) is 25.6 Å². The molecule has 0 radical (unpaired) electrons. The fraction of sp³-hybridized carbons (Fsp3) is 0.111. The number of sulfonamides is 1. The lowest BCUT2D eigenvalue weighted by atomic mass is 10.1. The lowest BCUT2D eigenvalue weighted by Gasteiger charge is -2.06. The van der Waals surface area contributed by atoms with Crippen molar-refractivity contribution < 1.29 is 18.0 Å². The molecule has 9 nitrogen and oxygen atoms in total. The van der Waals surface area contributed by atoms with E-state index in [-0.39, 0.29) is 15.4 Å². The third kappa shape index (κ3) is 5.36. The summed E-state index contributed by atoms with van der Waals surface area (Å²) in [7, 11) is -3.98. The van der Waals surface area contributed by atoms with Crippen molar-refractivity contribution in [2.24, 2.45) is 0 Å². The zero-order chi connectivity index (χ0) is 21.0. The van der Waals surface area contributed by atoms with Gasteiger partial charge in [-0.05, 0) is 43.3 Å². The van der Waals surface area contributed by atoms with E-state index in [0.717, 1.165) is 16.9 Å². The van der Waals surface area contributed by atoms with Crippen LogP contribution in [0.4, 0.5) is 16.5 Å². The van der Waals surface area contributed by atoms with Crippen LogP contribution in [0.25, 0.3) is 0 Å². The Hall–Kier alpha value is -3.31. The number of nitrogens with zero attached hydrogens (tertiary/aromatic N) is 2. The first-order valence-corrected chi connectivity index (χ1v) is 10.6. The van der Waals surface area contributed by atoms with Crippen molar-refractivity contribution >= 4 is 49.7 Å². The van der Waals surface area contributed by atoms with Crippen LogP contribution in [0.15, 0.2) is 52.9 Å². The minimum Gasteiger partial charge on any atom is -0.326 e. The van der Waals surface area contributed by atoms with E-state index in [0.29, 0.717) is 16.9 Å². The molecule has 0 aliphatic heterocycles. The number of aryl methyl sites for hydroxylation is 1. The minimum absolute atomic E-state index is 0.0675. The van der Waals surface area contributed by atoms with Crippen molar-refractivity contribution in [2.45, 2.75) is 18.2 Å². The predicted molar refractivity (Wildman–Crippen MR) is 111 cm³/mol. The summed E-state index contributed by atoms with van der Waals surface area (Å²) in [5, 5.41) is 12.6. The molecule has 0 aliphatic rings. The maximum atomic E-state index is 12.5. The van der Waals surface area contributed by atoms with Crippen LogP contribution in [0.1, 0.15) is 22.8 Å². The van der Waals surface area contributed by atoms with Gasteiger partial charge in [0.25, 0.3) is 20.3 Å². The summed E-state index contributed by atoms with van der Waals surface area (Å²) in [6.45, 7) is 3.24. The highest BCUT2D eigenvalue weighted by Gasteiger charge is 2.21. The van der Waals surface area contributed by atoms with Gasteiger partial charge in [-0.15, -0.1) is 10.2 Å². The number of aromatic nitrogens is 2. The smallest absolute Gasteiger partial charge is 0.291 e. The lowest BCUT2D eigenvalue weighted by Crippen LogP contribution is -2.13. The fourth-order valence-corrected chi connectivity index (χ4v) is 4.30. The van der Waals surface area contributed by atoms with Crippen molar-refractivity contribution in [3.05, 3.63) is 59.7 Å². The molecule has 2 aromatic carbocycles. The van der Waals surface area contributed by atoms with E-state index < -0.39 is 15.9 Å². The van der Waals surface area contributed by atoms with Crippen molar-refractivity contribution in [1.29, 1.82) is 0 Å². The van der Waals surface area contributed by atoms with Gasteiger partial charge >= 0.3 is 0 Å². The first kappa shape index (κ1) is 20.4. The van der Waals surface area contributed by atoms with Crippen molar-refractivity contribution in [3.63, 3.8) is 0 Å². The number of carbonyl (C=O) groups excluding carboxylic acids is 2. The highest BCUT2D eigenvalue weighted by molar-refractivity contribution is 7.94. The van der Waals surface area contributed by atoms with Crippen LogP contribution in [-0.2, 0) is 14.8 Å². The Kier molecular flexibility index (Phi) is 5.89. The Morgan fingerprint density at radius 3 is 2.31 bits per heavy atom. The predicted octanol–water partition coefficient (Wildman–Crippen LogP) is 2.86. The highest BCUT2D eigenvalue weighted by Crippen LogP contribution is 2.24. The first-order chi connectivity index (χ1) is 13.7. The second-order valence-electron chi connectivity index (χ2n) is 6.06. The molecule has 0 aliphatic carbocycles. The topological polar surface area (TPSA) is 130 Å². The third-order valence-electron chi connectivity index (χ3n) is 3.59. The zero-order valence-corrected chi connectivity index (χ0v) is 17.1. The van der Waals surface area contributed by atoms with Crippen LogP contribution < -0.4 is 15.4 Å². The molecule has 0 atom stereocenters. The van der Waals surface area contributed by atoms with E-state index in [1.165, 1.54) is 19.1 Å². The summed E-state index contributed by atoms with van der Waals surface area (Å²) in [6, 6.07) is 13.1. The van der Waals surface area contributed by atoms with Crippen LogP contribution in [0.5, 0.6) is 0 Å². The van der Waals surface area contributed by atoms with E-state index >= 15 is 0 Å². The third-order valence-corrected chi connectivity index (χ3v) is 6.18. The Bertz CT molecular complexity index is 1160. The van der Waals surface area contributed by atoms with Crippen molar-refractivity contribution in [2.75, 3.05) is 15.4 Å². The Morgan fingerprint density at radius 2 is 1.66 bits per heavy atom. The summed E-state index contributed by atoms with van der Waals surface area (Å²) >= 11 is 0.736. The van der Waals surface area contributed by atoms with Crippen LogP contribution in [-0.4, -0.2) is 30.4 Å². The number of anilines is 3. The number of hydrogen-bond acceptors (Lipinski definition) is 7. The monoisotopic (exact) mass is 431 g/mol. The number of rotatable bonds is 6. The summed E-state index contributed by atoms with van der Waals surface area (Å²) in [6.07, 6.45) is 0. The molecular formula is C18H17N5O4S2. The average molecular weight is 431 g/mol. The molecule has 1 heterocycles. The number of carbonyl (C=O) groups is 2. The first-order valence-electron chi connectivity index (χ1n) is 8.35. The molecule has 1 aromatic heterocycles. The Morgan fingerprint density at radius 1 is 0.966 bits per heavy atom.